The summed E-state index contributed by atoms with van der Waals surface area (Å²) in [7, 11) is 1.60. The molecule has 0 fully saturated rings. The highest BCUT2D eigenvalue weighted by Gasteiger charge is 2.27. The predicted octanol–water partition coefficient (Wildman–Crippen LogP) is 4.82. The van der Waals surface area contributed by atoms with Crippen molar-refractivity contribution < 1.29 is 9.59 Å². The summed E-state index contributed by atoms with van der Waals surface area (Å²) in [6, 6.07) is 14.9. The maximum atomic E-state index is 13.0. The van der Waals surface area contributed by atoms with Crippen molar-refractivity contribution in [2.24, 2.45) is 0 Å². The minimum atomic E-state index is -0.476. The van der Waals surface area contributed by atoms with Crippen LogP contribution in [0.15, 0.2) is 48.5 Å². The quantitative estimate of drug-likeness (QED) is 0.561. The number of halogens is 2. The maximum Gasteiger partial charge on any atom is 0.242 e. The molecule has 0 aliphatic carbocycles. The van der Waals surface area contributed by atoms with Crippen LogP contribution in [0.2, 0.25) is 10.0 Å². The summed E-state index contributed by atoms with van der Waals surface area (Å²) < 4.78 is 0. The van der Waals surface area contributed by atoms with Gasteiger partial charge >= 0.3 is 0 Å². The van der Waals surface area contributed by atoms with Gasteiger partial charge in [0.05, 0.1) is 5.75 Å². The zero-order chi connectivity index (χ0) is 21.2. The van der Waals surface area contributed by atoms with E-state index in [1.807, 2.05) is 43.3 Å². The molecule has 29 heavy (non-hydrogen) atoms. The summed E-state index contributed by atoms with van der Waals surface area (Å²) in [6.07, 6.45) is 1.27. The number of nitrogens with zero attached hydrogens (tertiary/aromatic N) is 1. The third-order valence-electron chi connectivity index (χ3n) is 4.61. The van der Waals surface area contributed by atoms with Crippen molar-refractivity contribution in [1.29, 1.82) is 0 Å². The first kappa shape index (κ1) is 23.6. The molecule has 156 valence electrons. The second-order valence-electron chi connectivity index (χ2n) is 6.59. The van der Waals surface area contributed by atoms with Crippen LogP contribution in [-0.2, 0) is 21.8 Å². The molecule has 1 N–H and O–H groups in total. The van der Waals surface area contributed by atoms with Crippen molar-refractivity contribution in [3.63, 3.8) is 0 Å². The van der Waals surface area contributed by atoms with Gasteiger partial charge in [-0.3, -0.25) is 9.59 Å². The average Bonchev–Trinajstić information content (AvgIpc) is 2.72. The number of thioether (sulfide) groups is 1. The number of amides is 2. The summed E-state index contributed by atoms with van der Waals surface area (Å²) in [5, 5.41) is 3.85. The zero-order valence-electron chi connectivity index (χ0n) is 16.7. The fraction of sp³-hybridized carbons (Fsp3) is 0.364. The lowest BCUT2D eigenvalue weighted by atomic mass is 10.1. The van der Waals surface area contributed by atoms with Crippen molar-refractivity contribution in [2.75, 3.05) is 19.3 Å². The Morgan fingerprint density at radius 3 is 2.48 bits per heavy atom. The highest BCUT2D eigenvalue weighted by atomic mass is 35.5. The first-order chi connectivity index (χ1) is 14.0. The molecule has 0 spiro atoms. The van der Waals surface area contributed by atoms with Crippen LogP contribution in [0, 0.1) is 0 Å². The SMILES string of the molecule is CC[C@H](C(=O)NC)N(CCc1ccccc1)C(=O)CSCc1ccc(Cl)cc1Cl. The average molecular weight is 453 g/mol. The van der Waals surface area contributed by atoms with Gasteiger partial charge < -0.3 is 10.2 Å². The normalized spacial score (nSPS) is 11.7. The third-order valence-corrected chi connectivity index (χ3v) is 6.17. The lowest BCUT2D eigenvalue weighted by Crippen LogP contribution is -2.50. The number of carbonyl (C=O) groups excluding carboxylic acids is 2. The Morgan fingerprint density at radius 1 is 1.14 bits per heavy atom. The molecule has 7 heteroatoms. The van der Waals surface area contributed by atoms with Gasteiger partial charge in [0.1, 0.15) is 6.04 Å². The van der Waals surface area contributed by atoms with Gasteiger partial charge in [-0.1, -0.05) is 66.5 Å². The van der Waals surface area contributed by atoms with E-state index >= 15 is 0 Å². The molecule has 2 aromatic rings. The highest BCUT2D eigenvalue weighted by Crippen LogP contribution is 2.25. The molecule has 1 atom stereocenters. The van der Waals surface area contributed by atoms with Crippen molar-refractivity contribution in [3.05, 3.63) is 69.7 Å². The van der Waals surface area contributed by atoms with Gasteiger partial charge in [0.2, 0.25) is 11.8 Å². The van der Waals surface area contributed by atoms with Crippen molar-refractivity contribution in [1.82, 2.24) is 10.2 Å². The molecule has 0 aliphatic heterocycles. The van der Waals surface area contributed by atoms with Crippen LogP contribution in [0.4, 0.5) is 0 Å². The summed E-state index contributed by atoms with van der Waals surface area (Å²) in [5.41, 5.74) is 2.07. The lowest BCUT2D eigenvalue weighted by molar-refractivity contribution is -0.138. The Kier molecular flexibility index (Phi) is 9.85. The van der Waals surface area contributed by atoms with Crippen LogP contribution in [0.1, 0.15) is 24.5 Å². The Hall–Kier alpha value is -1.69. The second kappa shape index (κ2) is 12.1. The molecule has 0 aromatic heterocycles. The fourth-order valence-electron chi connectivity index (χ4n) is 3.03. The molecule has 0 heterocycles. The van der Waals surface area contributed by atoms with E-state index in [2.05, 4.69) is 5.32 Å². The molecule has 2 rings (SSSR count). The molecule has 0 saturated carbocycles. The minimum Gasteiger partial charge on any atom is -0.357 e. The van der Waals surface area contributed by atoms with Crippen LogP contribution in [0.25, 0.3) is 0 Å². The Balaban J connectivity index is 2.03. The van der Waals surface area contributed by atoms with E-state index in [-0.39, 0.29) is 17.6 Å². The summed E-state index contributed by atoms with van der Waals surface area (Å²) in [5.74, 6) is 0.692. The molecule has 4 nitrogen and oxygen atoms in total. The molecular weight excluding hydrogens is 427 g/mol. The number of likely N-dealkylation sites (N-methyl/N-ethyl adjacent to an activating group) is 1. The van der Waals surface area contributed by atoms with Gasteiger partial charge in [-0.2, -0.15) is 0 Å². The van der Waals surface area contributed by atoms with Crippen LogP contribution in [0.3, 0.4) is 0 Å². The van der Waals surface area contributed by atoms with Crippen molar-refractivity contribution in [3.8, 4) is 0 Å². The Morgan fingerprint density at radius 2 is 1.86 bits per heavy atom. The summed E-state index contributed by atoms with van der Waals surface area (Å²) >= 11 is 13.6. The largest absolute Gasteiger partial charge is 0.357 e. The third kappa shape index (κ3) is 7.25. The van der Waals surface area contributed by atoms with E-state index < -0.39 is 6.04 Å². The molecule has 2 aromatic carbocycles. The molecule has 0 aliphatic rings. The van der Waals surface area contributed by atoms with E-state index in [9.17, 15) is 9.59 Å². The number of hydrogen-bond acceptors (Lipinski definition) is 3. The van der Waals surface area contributed by atoms with Gasteiger partial charge in [0.25, 0.3) is 0 Å². The second-order valence-corrected chi connectivity index (χ2v) is 8.42. The number of hydrogen-bond donors (Lipinski definition) is 1. The molecular formula is C22H26Cl2N2O2S. The van der Waals surface area contributed by atoms with Gasteiger partial charge in [-0.05, 0) is 36.1 Å². The Bertz CT molecular complexity index is 818. The summed E-state index contributed by atoms with van der Waals surface area (Å²) in [6.45, 7) is 2.42. The number of rotatable bonds is 10. The van der Waals surface area contributed by atoms with E-state index in [1.165, 1.54) is 11.8 Å². The number of carbonyl (C=O) groups is 2. The van der Waals surface area contributed by atoms with E-state index in [0.717, 1.165) is 11.1 Å². The maximum absolute atomic E-state index is 13.0. The molecule has 2 amide bonds. The van der Waals surface area contributed by atoms with Gasteiger partial charge in [0, 0.05) is 29.4 Å². The molecule has 0 radical (unpaired) electrons. The van der Waals surface area contributed by atoms with Crippen molar-refractivity contribution >= 4 is 46.8 Å². The van der Waals surface area contributed by atoms with Crippen LogP contribution in [0.5, 0.6) is 0 Å². The monoisotopic (exact) mass is 452 g/mol. The van der Waals surface area contributed by atoms with Crippen molar-refractivity contribution in [2.45, 2.75) is 31.6 Å². The Labute approximate surface area is 187 Å². The first-order valence-electron chi connectivity index (χ1n) is 9.53. The molecule has 0 unspecified atom stereocenters. The molecule has 0 bridgehead atoms. The zero-order valence-corrected chi connectivity index (χ0v) is 19.0. The predicted molar refractivity (Wildman–Crippen MR) is 123 cm³/mol. The number of benzene rings is 2. The van der Waals surface area contributed by atoms with E-state index in [1.54, 1.807) is 24.1 Å². The number of nitrogens with one attached hydrogen (secondary N) is 1. The van der Waals surface area contributed by atoms with E-state index in [0.29, 0.717) is 35.2 Å². The van der Waals surface area contributed by atoms with Crippen LogP contribution >= 0.6 is 35.0 Å². The summed E-state index contributed by atoms with van der Waals surface area (Å²) in [4.78, 5) is 27.0. The molecule has 0 saturated heterocycles. The van der Waals surface area contributed by atoms with E-state index in [4.69, 9.17) is 23.2 Å². The van der Waals surface area contributed by atoms with Gasteiger partial charge in [0.15, 0.2) is 0 Å². The van der Waals surface area contributed by atoms with Crippen LogP contribution in [-0.4, -0.2) is 42.1 Å². The fourth-order valence-corrected chi connectivity index (χ4v) is 4.50. The van der Waals surface area contributed by atoms with Crippen LogP contribution < -0.4 is 5.32 Å². The first-order valence-corrected chi connectivity index (χ1v) is 11.4. The lowest BCUT2D eigenvalue weighted by Gasteiger charge is -2.30. The van der Waals surface area contributed by atoms with Gasteiger partial charge in [-0.25, -0.2) is 0 Å². The van der Waals surface area contributed by atoms with Gasteiger partial charge in [-0.15, -0.1) is 11.8 Å². The topological polar surface area (TPSA) is 49.4 Å². The smallest absolute Gasteiger partial charge is 0.242 e. The minimum absolute atomic E-state index is 0.0496. The standard InChI is InChI=1S/C22H26Cl2N2O2S/c1-3-20(22(28)25-2)26(12-11-16-7-5-4-6-8-16)21(27)15-29-14-17-9-10-18(23)13-19(17)24/h4-10,13,20H,3,11-12,14-15H2,1-2H3,(H,25,28)/t20-/m1/s1. The highest BCUT2D eigenvalue weighted by molar-refractivity contribution is 7.99.